The van der Waals surface area contributed by atoms with Crippen molar-refractivity contribution in [2.45, 2.75) is 13.8 Å². The molecule has 1 aromatic carbocycles. The number of carbonyl (C=O) groups excluding carboxylic acids is 2. The lowest BCUT2D eigenvalue weighted by Gasteiger charge is -2.07. The smallest absolute Gasteiger partial charge is 0.259 e. The number of benzene rings is 1. The van der Waals surface area contributed by atoms with E-state index in [1.54, 1.807) is 30.3 Å². The molecule has 0 atom stereocenters. The third-order valence-corrected chi connectivity index (χ3v) is 3.40. The largest absolute Gasteiger partial charge is 0.322 e. The predicted molar refractivity (Wildman–Crippen MR) is 84.3 cm³/mol. The maximum Gasteiger partial charge on any atom is 0.259 e. The average Bonchev–Trinajstić information content (AvgIpc) is 2.87. The van der Waals surface area contributed by atoms with E-state index < -0.39 is 0 Å². The lowest BCUT2D eigenvalue weighted by Crippen LogP contribution is -2.13. The Balaban J connectivity index is 1.88. The molecule has 1 amide bonds. The van der Waals surface area contributed by atoms with Gasteiger partial charge >= 0.3 is 0 Å². The Morgan fingerprint density at radius 2 is 1.86 bits per heavy atom. The van der Waals surface area contributed by atoms with Crippen LogP contribution in [0.15, 0.2) is 48.8 Å². The van der Waals surface area contributed by atoms with Crippen molar-refractivity contribution >= 4 is 23.0 Å². The number of ketones is 1. The molecule has 0 aliphatic heterocycles. The molecular formula is C17H15N3O2. The number of pyridine rings is 1. The lowest BCUT2D eigenvalue weighted by molar-refractivity contribution is 0.101. The van der Waals surface area contributed by atoms with Gasteiger partial charge in [0, 0.05) is 23.6 Å². The van der Waals surface area contributed by atoms with Crippen molar-refractivity contribution in [1.29, 1.82) is 0 Å². The first kappa shape index (κ1) is 14.0. The molecule has 5 nitrogen and oxygen atoms in total. The molecule has 22 heavy (non-hydrogen) atoms. The van der Waals surface area contributed by atoms with Gasteiger partial charge in [0.25, 0.3) is 5.91 Å². The van der Waals surface area contributed by atoms with Crippen LogP contribution in [-0.2, 0) is 0 Å². The Kier molecular flexibility index (Phi) is 3.47. The summed E-state index contributed by atoms with van der Waals surface area (Å²) in [6, 6.07) is 10.4. The zero-order valence-corrected chi connectivity index (χ0v) is 12.3. The number of nitrogens with one attached hydrogen (secondary N) is 1. The van der Waals surface area contributed by atoms with E-state index in [9.17, 15) is 9.59 Å². The van der Waals surface area contributed by atoms with E-state index in [4.69, 9.17) is 0 Å². The molecular weight excluding hydrogens is 278 g/mol. The topological polar surface area (TPSA) is 63.5 Å². The molecule has 0 aliphatic rings. The zero-order valence-electron chi connectivity index (χ0n) is 12.3. The van der Waals surface area contributed by atoms with Gasteiger partial charge in [-0.2, -0.15) is 0 Å². The quantitative estimate of drug-likeness (QED) is 0.755. The fourth-order valence-corrected chi connectivity index (χ4v) is 2.30. The second-order valence-corrected chi connectivity index (χ2v) is 5.12. The summed E-state index contributed by atoms with van der Waals surface area (Å²) in [6.07, 6.45) is 3.72. The van der Waals surface area contributed by atoms with Crippen molar-refractivity contribution in [3.8, 4) is 0 Å². The van der Waals surface area contributed by atoms with Crippen molar-refractivity contribution in [1.82, 2.24) is 9.38 Å². The molecule has 5 heteroatoms. The minimum Gasteiger partial charge on any atom is -0.322 e. The number of rotatable bonds is 3. The minimum atomic E-state index is -0.230. The van der Waals surface area contributed by atoms with Crippen molar-refractivity contribution in [3.05, 3.63) is 65.6 Å². The highest BCUT2D eigenvalue weighted by Crippen LogP contribution is 2.15. The number of aryl methyl sites for hydroxylation is 1. The van der Waals surface area contributed by atoms with E-state index >= 15 is 0 Å². The molecule has 0 spiro atoms. The first-order valence-electron chi connectivity index (χ1n) is 6.91. The number of nitrogens with zero attached hydrogens (tertiary/aromatic N) is 2. The zero-order chi connectivity index (χ0) is 15.7. The maximum absolute atomic E-state index is 12.4. The van der Waals surface area contributed by atoms with Crippen LogP contribution in [0.25, 0.3) is 5.65 Å². The molecule has 0 fully saturated rings. The van der Waals surface area contributed by atoms with Crippen molar-refractivity contribution in [3.63, 3.8) is 0 Å². The van der Waals surface area contributed by atoms with Crippen LogP contribution in [-0.4, -0.2) is 21.1 Å². The Bertz CT molecular complexity index is 863. The first-order chi connectivity index (χ1) is 10.5. The first-order valence-corrected chi connectivity index (χ1v) is 6.91. The van der Waals surface area contributed by atoms with Crippen molar-refractivity contribution in [2.75, 3.05) is 5.32 Å². The van der Waals surface area contributed by atoms with Gasteiger partial charge in [-0.1, -0.05) is 0 Å². The van der Waals surface area contributed by atoms with Gasteiger partial charge in [0.2, 0.25) is 0 Å². The summed E-state index contributed by atoms with van der Waals surface area (Å²) in [5.74, 6) is -0.234. The van der Waals surface area contributed by atoms with E-state index in [0.717, 1.165) is 5.69 Å². The number of hydrogen-bond donors (Lipinski definition) is 1. The highest BCUT2D eigenvalue weighted by molar-refractivity contribution is 6.08. The van der Waals surface area contributed by atoms with Gasteiger partial charge in [0.05, 0.1) is 11.3 Å². The van der Waals surface area contributed by atoms with Gasteiger partial charge in [0.15, 0.2) is 5.78 Å². The molecule has 110 valence electrons. The van der Waals surface area contributed by atoms with Crippen LogP contribution in [0.4, 0.5) is 5.69 Å². The van der Waals surface area contributed by atoms with E-state index in [1.165, 1.54) is 6.92 Å². The molecule has 2 aromatic heterocycles. The van der Waals surface area contributed by atoms with Crippen molar-refractivity contribution < 1.29 is 9.59 Å². The summed E-state index contributed by atoms with van der Waals surface area (Å²) in [6.45, 7) is 3.39. The summed E-state index contributed by atoms with van der Waals surface area (Å²) in [5, 5.41) is 2.82. The van der Waals surface area contributed by atoms with Crippen LogP contribution < -0.4 is 5.32 Å². The third-order valence-electron chi connectivity index (χ3n) is 3.40. The van der Waals surface area contributed by atoms with E-state index in [-0.39, 0.29) is 11.7 Å². The molecule has 0 radical (unpaired) electrons. The number of anilines is 1. The number of Topliss-reactive ketones (excluding diaryl/α,β-unsaturated/α-hetero) is 1. The molecule has 2 heterocycles. The number of hydrogen-bond acceptors (Lipinski definition) is 3. The molecule has 0 saturated heterocycles. The second-order valence-electron chi connectivity index (χ2n) is 5.12. The Morgan fingerprint density at radius 3 is 2.55 bits per heavy atom. The number of aromatic nitrogens is 2. The highest BCUT2D eigenvalue weighted by Gasteiger charge is 2.12. The third kappa shape index (κ3) is 2.61. The summed E-state index contributed by atoms with van der Waals surface area (Å²) in [5.41, 5.74) is 3.24. The van der Waals surface area contributed by atoms with Gasteiger partial charge < -0.3 is 9.72 Å². The molecule has 0 bridgehead atoms. The van der Waals surface area contributed by atoms with Gasteiger partial charge in [-0.05, 0) is 50.2 Å². The average molecular weight is 293 g/mol. The highest BCUT2D eigenvalue weighted by atomic mass is 16.1. The summed E-state index contributed by atoms with van der Waals surface area (Å²) >= 11 is 0. The van der Waals surface area contributed by atoms with Crippen LogP contribution in [0.1, 0.15) is 33.3 Å². The van der Waals surface area contributed by atoms with E-state index in [2.05, 4.69) is 10.3 Å². The molecule has 1 N–H and O–H groups in total. The standard InChI is InChI=1S/C17H15N3O2/c1-11-10-20-9-3-4-15(16(20)18-11)17(22)19-14-7-5-13(6-8-14)12(2)21/h3-10H,1-2H3,(H,19,22). The van der Waals surface area contributed by atoms with Gasteiger partial charge in [-0.25, -0.2) is 4.98 Å². The Morgan fingerprint density at radius 1 is 1.14 bits per heavy atom. The summed E-state index contributed by atoms with van der Waals surface area (Å²) < 4.78 is 1.82. The van der Waals surface area contributed by atoms with Crippen molar-refractivity contribution in [2.24, 2.45) is 0 Å². The number of carbonyl (C=O) groups is 2. The summed E-state index contributed by atoms with van der Waals surface area (Å²) in [7, 11) is 0. The van der Waals surface area contributed by atoms with Gasteiger partial charge in [0.1, 0.15) is 5.65 Å². The summed E-state index contributed by atoms with van der Waals surface area (Å²) in [4.78, 5) is 28.0. The molecule has 0 unspecified atom stereocenters. The molecule has 0 saturated carbocycles. The molecule has 3 rings (SSSR count). The predicted octanol–water partition coefficient (Wildman–Crippen LogP) is 3.10. The van der Waals surface area contributed by atoms with Crippen LogP contribution in [0.5, 0.6) is 0 Å². The van der Waals surface area contributed by atoms with E-state index in [0.29, 0.717) is 22.5 Å². The maximum atomic E-state index is 12.4. The SMILES string of the molecule is CC(=O)c1ccc(NC(=O)c2cccn3cc(C)nc23)cc1. The van der Waals surface area contributed by atoms with Crippen LogP contribution in [0, 0.1) is 6.92 Å². The lowest BCUT2D eigenvalue weighted by atomic mass is 10.1. The monoisotopic (exact) mass is 293 g/mol. The number of fused-ring (bicyclic) bond motifs is 1. The number of imidazole rings is 1. The van der Waals surface area contributed by atoms with E-state index in [1.807, 2.05) is 29.8 Å². The molecule has 3 aromatic rings. The second kappa shape index (κ2) is 5.44. The fraction of sp³-hybridized carbons (Fsp3) is 0.118. The van der Waals surface area contributed by atoms with Crippen LogP contribution in [0.3, 0.4) is 0 Å². The van der Waals surface area contributed by atoms with Crippen LogP contribution in [0.2, 0.25) is 0 Å². The normalized spacial score (nSPS) is 10.6. The van der Waals surface area contributed by atoms with Crippen LogP contribution >= 0.6 is 0 Å². The number of amides is 1. The van der Waals surface area contributed by atoms with Gasteiger partial charge in [-0.3, -0.25) is 9.59 Å². The fourth-order valence-electron chi connectivity index (χ4n) is 2.30. The minimum absolute atomic E-state index is 0.00416. The Hall–Kier alpha value is -2.95. The molecule has 0 aliphatic carbocycles. The Labute approximate surface area is 127 Å². The van der Waals surface area contributed by atoms with Gasteiger partial charge in [-0.15, -0.1) is 0 Å².